The number of sulfonamides is 1. The Bertz CT molecular complexity index is 549. The molecule has 6 heteroatoms. The van der Waals surface area contributed by atoms with Gasteiger partial charge < -0.3 is 4.74 Å². The molecule has 1 saturated heterocycles. The summed E-state index contributed by atoms with van der Waals surface area (Å²) in [4.78, 5) is 2.90. The van der Waals surface area contributed by atoms with Crippen molar-refractivity contribution in [3.8, 4) is 5.75 Å². The average Bonchev–Trinajstić information content (AvgIpc) is 2.37. The fraction of sp³-hybridized carbons (Fsp3) is 0.571. The molecule has 0 amide bonds. The summed E-state index contributed by atoms with van der Waals surface area (Å²) in [6, 6.07) is 6.50. The molecule has 2 unspecified atom stereocenters. The molecular formula is C14H22N2O3S. The second-order valence-corrected chi connectivity index (χ2v) is 7.29. The third kappa shape index (κ3) is 3.71. The van der Waals surface area contributed by atoms with Crippen LogP contribution in [0.5, 0.6) is 5.75 Å². The molecule has 0 bridgehead atoms. The van der Waals surface area contributed by atoms with Crippen LogP contribution in [-0.2, 0) is 10.0 Å². The minimum atomic E-state index is -3.54. The number of methoxy groups -OCH3 is 1. The van der Waals surface area contributed by atoms with Crippen molar-refractivity contribution in [2.75, 3.05) is 20.2 Å². The topological polar surface area (TPSA) is 58.6 Å². The highest BCUT2D eigenvalue weighted by Gasteiger charge is 2.26. The minimum absolute atomic E-state index is 0.225. The highest BCUT2D eigenvalue weighted by atomic mass is 32.2. The van der Waals surface area contributed by atoms with Crippen molar-refractivity contribution < 1.29 is 13.2 Å². The van der Waals surface area contributed by atoms with Crippen molar-refractivity contribution in [1.29, 1.82) is 0 Å². The molecule has 2 rings (SSSR count). The molecular weight excluding hydrogens is 276 g/mol. The SMILES string of the molecule is COc1cccc(S(=O)(=O)NN2CC(C)CC(C)C2)c1. The monoisotopic (exact) mass is 298 g/mol. The van der Waals surface area contributed by atoms with Crippen molar-refractivity contribution >= 4 is 10.0 Å². The lowest BCUT2D eigenvalue weighted by atomic mass is 9.93. The predicted molar refractivity (Wildman–Crippen MR) is 77.8 cm³/mol. The normalized spacial score (nSPS) is 24.6. The molecule has 0 aromatic heterocycles. The Kier molecular flexibility index (Phi) is 4.67. The highest BCUT2D eigenvalue weighted by Crippen LogP contribution is 2.21. The summed E-state index contributed by atoms with van der Waals surface area (Å²) in [7, 11) is -2.02. The number of piperidine rings is 1. The lowest BCUT2D eigenvalue weighted by Crippen LogP contribution is -2.49. The van der Waals surface area contributed by atoms with Crippen LogP contribution in [0.1, 0.15) is 20.3 Å². The smallest absolute Gasteiger partial charge is 0.253 e. The van der Waals surface area contributed by atoms with Gasteiger partial charge in [0, 0.05) is 19.2 Å². The lowest BCUT2D eigenvalue weighted by Gasteiger charge is -2.34. The van der Waals surface area contributed by atoms with Gasteiger partial charge in [-0.2, -0.15) is 0 Å². The molecule has 1 N–H and O–H groups in total. The third-order valence-electron chi connectivity index (χ3n) is 3.47. The van der Waals surface area contributed by atoms with E-state index in [1.165, 1.54) is 13.2 Å². The minimum Gasteiger partial charge on any atom is -0.497 e. The third-order valence-corrected chi connectivity index (χ3v) is 4.84. The van der Waals surface area contributed by atoms with E-state index in [-0.39, 0.29) is 4.90 Å². The maximum absolute atomic E-state index is 12.4. The first-order valence-electron chi connectivity index (χ1n) is 6.82. The number of ether oxygens (including phenoxy) is 1. The van der Waals surface area contributed by atoms with Crippen LogP contribution in [0.15, 0.2) is 29.2 Å². The number of hydrazine groups is 1. The molecule has 0 radical (unpaired) electrons. The molecule has 112 valence electrons. The molecule has 2 atom stereocenters. The van der Waals surface area contributed by atoms with Gasteiger partial charge in [-0.25, -0.2) is 13.4 Å². The van der Waals surface area contributed by atoms with Gasteiger partial charge in [0.05, 0.1) is 12.0 Å². The zero-order chi connectivity index (χ0) is 14.8. The number of hydrogen-bond acceptors (Lipinski definition) is 4. The van der Waals surface area contributed by atoms with Gasteiger partial charge >= 0.3 is 0 Å². The molecule has 5 nitrogen and oxygen atoms in total. The van der Waals surface area contributed by atoms with E-state index in [2.05, 4.69) is 18.7 Å². The van der Waals surface area contributed by atoms with Crippen molar-refractivity contribution in [3.05, 3.63) is 24.3 Å². The van der Waals surface area contributed by atoms with E-state index in [4.69, 9.17) is 4.74 Å². The van der Waals surface area contributed by atoms with Crippen LogP contribution in [0.2, 0.25) is 0 Å². The first-order chi connectivity index (χ1) is 9.40. The molecule has 1 aliphatic rings. The molecule has 1 aliphatic heterocycles. The van der Waals surface area contributed by atoms with E-state index in [1.54, 1.807) is 23.2 Å². The zero-order valence-electron chi connectivity index (χ0n) is 12.2. The first-order valence-corrected chi connectivity index (χ1v) is 8.30. The molecule has 1 aromatic carbocycles. The van der Waals surface area contributed by atoms with Gasteiger partial charge in [-0.1, -0.05) is 19.9 Å². The van der Waals surface area contributed by atoms with E-state index < -0.39 is 10.0 Å². The summed E-state index contributed by atoms with van der Waals surface area (Å²) >= 11 is 0. The Morgan fingerprint density at radius 1 is 1.25 bits per heavy atom. The van der Waals surface area contributed by atoms with Gasteiger partial charge in [0.15, 0.2) is 0 Å². The predicted octanol–water partition coefficient (Wildman–Crippen LogP) is 1.87. The molecule has 1 fully saturated rings. The zero-order valence-corrected chi connectivity index (χ0v) is 13.0. The summed E-state index contributed by atoms with van der Waals surface area (Å²) in [6.45, 7) is 5.77. The molecule has 1 aromatic rings. The summed E-state index contributed by atoms with van der Waals surface area (Å²) in [5.41, 5.74) is 0. The van der Waals surface area contributed by atoms with Crippen LogP contribution in [0.4, 0.5) is 0 Å². The Morgan fingerprint density at radius 2 is 1.90 bits per heavy atom. The first kappa shape index (κ1) is 15.3. The second kappa shape index (κ2) is 6.11. The lowest BCUT2D eigenvalue weighted by molar-refractivity contribution is 0.120. The van der Waals surface area contributed by atoms with Gasteiger partial charge in [-0.3, -0.25) is 0 Å². The maximum Gasteiger partial charge on any atom is 0.253 e. The molecule has 1 heterocycles. The Morgan fingerprint density at radius 3 is 2.50 bits per heavy atom. The Hall–Kier alpha value is -1.11. The van der Waals surface area contributed by atoms with Crippen LogP contribution in [0, 0.1) is 11.8 Å². The fourth-order valence-electron chi connectivity index (χ4n) is 2.73. The number of rotatable bonds is 4. The van der Waals surface area contributed by atoms with E-state index in [0.29, 0.717) is 17.6 Å². The summed E-state index contributed by atoms with van der Waals surface area (Å²) in [6.07, 6.45) is 1.14. The van der Waals surface area contributed by atoms with Crippen molar-refractivity contribution in [1.82, 2.24) is 9.84 Å². The summed E-state index contributed by atoms with van der Waals surface area (Å²) in [5.74, 6) is 1.52. The van der Waals surface area contributed by atoms with Gasteiger partial charge in [0.1, 0.15) is 5.75 Å². The Balaban J connectivity index is 2.14. The molecule has 0 saturated carbocycles. The molecule has 0 spiro atoms. The van der Waals surface area contributed by atoms with Crippen LogP contribution in [0.3, 0.4) is 0 Å². The molecule has 0 aliphatic carbocycles. The number of benzene rings is 1. The fourth-order valence-corrected chi connectivity index (χ4v) is 3.85. The quantitative estimate of drug-likeness (QED) is 0.922. The standard InChI is InChI=1S/C14H22N2O3S/c1-11-7-12(2)10-16(9-11)15-20(17,18)14-6-4-5-13(8-14)19-3/h4-6,8,11-12,15H,7,9-10H2,1-3H3. The van der Waals surface area contributed by atoms with Gasteiger partial charge in [0.25, 0.3) is 10.0 Å². The summed E-state index contributed by atoms with van der Waals surface area (Å²) < 4.78 is 29.8. The van der Waals surface area contributed by atoms with Gasteiger partial charge in [0.2, 0.25) is 0 Å². The van der Waals surface area contributed by atoms with E-state index in [1.807, 2.05) is 0 Å². The highest BCUT2D eigenvalue weighted by molar-refractivity contribution is 7.89. The molecule has 20 heavy (non-hydrogen) atoms. The number of hydrogen-bond donors (Lipinski definition) is 1. The van der Waals surface area contributed by atoms with Crippen LogP contribution < -0.4 is 9.57 Å². The van der Waals surface area contributed by atoms with Crippen molar-refractivity contribution in [3.63, 3.8) is 0 Å². The van der Waals surface area contributed by atoms with E-state index >= 15 is 0 Å². The number of nitrogens with one attached hydrogen (secondary N) is 1. The van der Waals surface area contributed by atoms with Crippen LogP contribution in [-0.4, -0.2) is 33.6 Å². The van der Waals surface area contributed by atoms with E-state index in [0.717, 1.165) is 19.5 Å². The second-order valence-electron chi connectivity index (χ2n) is 5.62. The van der Waals surface area contributed by atoms with Crippen LogP contribution in [0.25, 0.3) is 0 Å². The average molecular weight is 298 g/mol. The number of nitrogens with zero attached hydrogens (tertiary/aromatic N) is 1. The Labute approximate surface area is 120 Å². The largest absolute Gasteiger partial charge is 0.497 e. The van der Waals surface area contributed by atoms with Crippen molar-refractivity contribution in [2.24, 2.45) is 11.8 Å². The van der Waals surface area contributed by atoms with E-state index in [9.17, 15) is 8.42 Å². The van der Waals surface area contributed by atoms with Crippen molar-refractivity contribution in [2.45, 2.75) is 25.2 Å². The van der Waals surface area contributed by atoms with Gasteiger partial charge in [-0.15, -0.1) is 4.83 Å². The summed E-state index contributed by atoms with van der Waals surface area (Å²) in [5, 5.41) is 1.80. The van der Waals surface area contributed by atoms with Gasteiger partial charge in [-0.05, 0) is 30.4 Å². The maximum atomic E-state index is 12.4. The van der Waals surface area contributed by atoms with Crippen LogP contribution >= 0.6 is 0 Å².